The van der Waals surface area contributed by atoms with E-state index in [0.717, 1.165) is 17.6 Å². The molecule has 0 unspecified atom stereocenters. The van der Waals surface area contributed by atoms with Crippen LogP contribution in [0.4, 0.5) is 0 Å². The maximum atomic E-state index is 5.91. The molecule has 1 aliphatic heterocycles. The number of methoxy groups -OCH3 is 1. The SMILES string of the molecule is COc1ncc(Br)cc1OC[C@@H]1CCN(C(C)(C)C)C1. The molecular formula is C15H23BrN2O2. The first kappa shape index (κ1) is 15.6. The van der Waals surface area contributed by atoms with Crippen LogP contribution in [0, 0.1) is 5.92 Å². The number of likely N-dealkylation sites (tertiary alicyclic amines) is 1. The van der Waals surface area contributed by atoms with Gasteiger partial charge in [-0.15, -0.1) is 0 Å². The van der Waals surface area contributed by atoms with Crippen molar-refractivity contribution in [3.8, 4) is 11.6 Å². The van der Waals surface area contributed by atoms with Crippen LogP contribution in [0.15, 0.2) is 16.7 Å². The molecule has 5 heteroatoms. The Morgan fingerprint density at radius 2 is 2.20 bits per heavy atom. The third-order valence-electron chi connectivity index (χ3n) is 3.69. The molecule has 1 fully saturated rings. The van der Waals surface area contributed by atoms with Crippen molar-refractivity contribution in [1.29, 1.82) is 0 Å². The van der Waals surface area contributed by atoms with E-state index in [1.807, 2.05) is 6.07 Å². The summed E-state index contributed by atoms with van der Waals surface area (Å²) in [5.74, 6) is 1.81. The summed E-state index contributed by atoms with van der Waals surface area (Å²) in [6, 6.07) is 1.91. The van der Waals surface area contributed by atoms with Crippen LogP contribution < -0.4 is 9.47 Å². The summed E-state index contributed by atoms with van der Waals surface area (Å²) >= 11 is 3.41. The van der Waals surface area contributed by atoms with Crippen molar-refractivity contribution in [2.24, 2.45) is 5.92 Å². The first-order valence-corrected chi connectivity index (χ1v) is 7.77. The van der Waals surface area contributed by atoms with Crippen molar-refractivity contribution in [2.75, 3.05) is 26.8 Å². The molecule has 4 nitrogen and oxygen atoms in total. The van der Waals surface area contributed by atoms with Crippen molar-refractivity contribution < 1.29 is 9.47 Å². The smallest absolute Gasteiger partial charge is 0.256 e. The van der Waals surface area contributed by atoms with Crippen LogP contribution in [0.3, 0.4) is 0 Å². The van der Waals surface area contributed by atoms with E-state index >= 15 is 0 Å². The standard InChI is InChI=1S/C15H23BrN2O2/c1-15(2,3)18-6-5-11(9-18)10-20-13-7-12(16)8-17-14(13)19-4/h7-8,11H,5-6,9-10H2,1-4H3/t11-/m1/s1. The Balaban J connectivity index is 1.92. The van der Waals surface area contributed by atoms with E-state index in [0.29, 0.717) is 24.2 Å². The van der Waals surface area contributed by atoms with Gasteiger partial charge in [-0.25, -0.2) is 4.98 Å². The van der Waals surface area contributed by atoms with Crippen LogP contribution in [0.25, 0.3) is 0 Å². The van der Waals surface area contributed by atoms with Gasteiger partial charge in [-0.2, -0.15) is 0 Å². The summed E-state index contributed by atoms with van der Waals surface area (Å²) in [6.07, 6.45) is 2.89. The number of hydrogen-bond acceptors (Lipinski definition) is 4. The number of nitrogens with zero attached hydrogens (tertiary/aromatic N) is 2. The van der Waals surface area contributed by atoms with Gasteiger partial charge in [-0.1, -0.05) is 0 Å². The number of ether oxygens (including phenoxy) is 2. The number of aromatic nitrogens is 1. The molecule has 1 saturated heterocycles. The van der Waals surface area contributed by atoms with Gasteiger partial charge in [0.05, 0.1) is 13.7 Å². The van der Waals surface area contributed by atoms with Crippen molar-refractivity contribution in [3.63, 3.8) is 0 Å². The second kappa shape index (κ2) is 6.31. The summed E-state index contributed by atoms with van der Waals surface area (Å²) in [5.41, 5.74) is 0.240. The highest BCUT2D eigenvalue weighted by Gasteiger charge is 2.30. The number of rotatable bonds is 4. The van der Waals surface area contributed by atoms with Crippen molar-refractivity contribution in [3.05, 3.63) is 16.7 Å². The van der Waals surface area contributed by atoms with E-state index in [-0.39, 0.29) is 5.54 Å². The van der Waals surface area contributed by atoms with Crippen LogP contribution in [0.5, 0.6) is 11.6 Å². The maximum absolute atomic E-state index is 5.91. The minimum atomic E-state index is 0.240. The van der Waals surface area contributed by atoms with Gasteiger partial charge < -0.3 is 9.47 Å². The van der Waals surface area contributed by atoms with Gasteiger partial charge >= 0.3 is 0 Å². The first-order valence-electron chi connectivity index (χ1n) is 6.97. The van der Waals surface area contributed by atoms with Gasteiger partial charge in [-0.05, 0) is 49.7 Å². The summed E-state index contributed by atoms with van der Waals surface area (Å²) < 4.78 is 12.0. The Bertz CT molecular complexity index is 460. The molecule has 20 heavy (non-hydrogen) atoms. The zero-order valence-electron chi connectivity index (χ0n) is 12.6. The molecule has 0 amide bonds. The van der Waals surface area contributed by atoms with Crippen LogP contribution in [0.2, 0.25) is 0 Å². The molecule has 1 aliphatic rings. The Morgan fingerprint density at radius 3 is 2.80 bits per heavy atom. The lowest BCUT2D eigenvalue weighted by molar-refractivity contribution is 0.157. The molecule has 2 rings (SSSR count). The van der Waals surface area contributed by atoms with Crippen molar-refractivity contribution >= 4 is 15.9 Å². The molecule has 112 valence electrons. The van der Waals surface area contributed by atoms with E-state index in [9.17, 15) is 0 Å². The Morgan fingerprint density at radius 1 is 1.45 bits per heavy atom. The van der Waals surface area contributed by atoms with Gasteiger partial charge in [0.25, 0.3) is 5.88 Å². The van der Waals surface area contributed by atoms with Crippen molar-refractivity contribution in [1.82, 2.24) is 9.88 Å². The van der Waals surface area contributed by atoms with E-state index < -0.39 is 0 Å². The normalized spacial score (nSPS) is 20.1. The van der Waals surface area contributed by atoms with E-state index in [2.05, 4.69) is 46.6 Å². The van der Waals surface area contributed by atoms with Gasteiger partial charge in [0.2, 0.25) is 0 Å². The van der Waals surface area contributed by atoms with Gasteiger partial charge in [-0.3, -0.25) is 4.90 Å². The fourth-order valence-corrected chi connectivity index (χ4v) is 2.76. The van der Waals surface area contributed by atoms with E-state index in [4.69, 9.17) is 9.47 Å². The zero-order chi connectivity index (χ0) is 14.8. The molecule has 0 aromatic carbocycles. The Hall–Kier alpha value is -0.810. The Kier molecular flexibility index (Phi) is 4.91. The molecule has 1 atom stereocenters. The van der Waals surface area contributed by atoms with Crippen LogP contribution in [0.1, 0.15) is 27.2 Å². The van der Waals surface area contributed by atoms with E-state index in [1.54, 1.807) is 13.3 Å². The highest BCUT2D eigenvalue weighted by Crippen LogP contribution is 2.29. The molecule has 0 saturated carbocycles. The highest BCUT2D eigenvalue weighted by molar-refractivity contribution is 9.10. The van der Waals surface area contributed by atoms with Crippen molar-refractivity contribution in [2.45, 2.75) is 32.7 Å². The monoisotopic (exact) mass is 342 g/mol. The minimum Gasteiger partial charge on any atom is -0.488 e. The molecule has 1 aromatic heterocycles. The van der Waals surface area contributed by atoms with Gasteiger partial charge in [0, 0.05) is 34.7 Å². The third-order valence-corrected chi connectivity index (χ3v) is 4.12. The molecule has 0 bridgehead atoms. The zero-order valence-corrected chi connectivity index (χ0v) is 14.2. The number of halogens is 1. The van der Waals surface area contributed by atoms with Gasteiger partial charge in [0.15, 0.2) is 5.75 Å². The molecule has 0 spiro atoms. The number of pyridine rings is 1. The molecule has 2 heterocycles. The molecule has 0 N–H and O–H groups in total. The van der Waals surface area contributed by atoms with Crippen LogP contribution in [-0.4, -0.2) is 42.2 Å². The molecule has 0 aliphatic carbocycles. The lowest BCUT2D eigenvalue weighted by Gasteiger charge is -2.31. The predicted octanol–water partition coefficient (Wildman–Crippen LogP) is 3.35. The fraction of sp³-hybridized carbons (Fsp3) is 0.667. The van der Waals surface area contributed by atoms with Crippen LogP contribution >= 0.6 is 15.9 Å². The second-order valence-corrected chi connectivity index (χ2v) is 7.16. The summed E-state index contributed by atoms with van der Waals surface area (Å²) in [7, 11) is 1.61. The predicted molar refractivity (Wildman–Crippen MR) is 83.4 cm³/mol. The molecular weight excluding hydrogens is 320 g/mol. The average molecular weight is 343 g/mol. The van der Waals surface area contributed by atoms with Crippen LogP contribution in [-0.2, 0) is 0 Å². The Labute approximate surface area is 129 Å². The summed E-state index contributed by atoms with van der Waals surface area (Å²) in [6.45, 7) is 9.73. The lowest BCUT2D eigenvalue weighted by atomic mass is 10.1. The maximum Gasteiger partial charge on any atom is 0.256 e. The average Bonchev–Trinajstić information content (AvgIpc) is 2.85. The minimum absolute atomic E-state index is 0.240. The largest absolute Gasteiger partial charge is 0.488 e. The highest BCUT2D eigenvalue weighted by atomic mass is 79.9. The molecule has 1 aromatic rings. The topological polar surface area (TPSA) is 34.6 Å². The fourth-order valence-electron chi connectivity index (χ4n) is 2.45. The second-order valence-electron chi connectivity index (χ2n) is 6.24. The number of hydrogen-bond donors (Lipinski definition) is 0. The van der Waals surface area contributed by atoms with E-state index in [1.165, 1.54) is 6.42 Å². The van der Waals surface area contributed by atoms with Gasteiger partial charge in [0.1, 0.15) is 0 Å². The quantitative estimate of drug-likeness (QED) is 0.840. The molecule has 0 radical (unpaired) electrons. The summed E-state index contributed by atoms with van der Waals surface area (Å²) in [4.78, 5) is 6.70. The first-order chi connectivity index (χ1) is 9.40. The summed E-state index contributed by atoms with van der Waals surface area (Å²) in [5, 5.41) is 0. The lowest BCUT2D eigenvalue weighted by Crippen LogP contribution is -2.39. The third kappa shape index (κ3) is 3.85.